The van der Waals surface area contributed by atoms with Crippen molar-refractivity contribution in [1.29, 1.82) is 0 Å². The Bertz CT molecular complexity index is 814. The van der Waals surface area contributed by atoms with E-state index in [1.54, 1.807) is 17.0 Å². The summed E-state index contributed by atoms with van der Waals surface area (Å²) >= 11 is 3.30. The van der Waals surface area contributed by atoms with Crippen molar-refractivity contribution in [3.8, 4) is 11.5 Å². The molecule has 1 N–H and O–H groups in total. The summed E-state index contributed by atoms with van der Waals surface area (Å²) in [6, 6.07) is 11.2. The molecule has 0 spiro atoms. The zero-order valence-electron chi connectivity index (χ0n) is 12.8. The van der Waals surface area contributed by atoms with Gasteiger partial charge in [-0.2, -0.15) is 0 Å². The lowest BCUT2D eigenvalue weighted by Crippen LogP contribution is -2.25. The van der Waals surface area contributed by atoms with E-state index in [0.29, 0.717) is 22.3 Å². The van der Waals surface area contributed by atoms with Crippen molar-refractivity contribution in [3.05, 3.63) is 52.0 Å². The average Bonchev–Trinajstić information content (AvgIpc) is 2.82. The zero-order chi connectivity index (χ0) is 16.6. The van der Waals surface area contributed by atoms with Crippen molar-refractivity contribution in [2.24, 2.45) is 0 Å². The van der Waals surface area contributed by atoms with E-state index in [0.717, 1.165) is 16.8 Å². The number of nitrogens with zero attached hydrogens (tertiary/aromatic N) is 1. The van der Waals surface area contributed by atoms with Crippen LogP contribution in [-0.2, 0) is 4.79 Å². The summed E-state index contributed by atoms with van der Waals surface area (Å²) in [5, 5.41) is 9.91. The number of methoxy groups -OCH3 is 1. The van der Waals surface area contributed by atoms with Crippen LogP contribution in [0.2, 0.25) is 0 Å². The van der Waals surface area contributed by atoms with Gasteiger partial charge in [-0.15, -0.1) is 0 Å². The number of phenols is 1. The second-order valence-corrected chi connectivity index (χ2v) is 6.03. The third-order valence-electron chi connectivity index (χ3n) is 3.86. The molecule has 0 atom stereocenters. The van der Waals surface area contributed by atoms with Crippen LogP contribution in [-0.4, -0.2) is 24.7 Å². The first-order valence-electron chi connectivity index (χ1n) is 7.26. The van der Waals surface area contributed by atoms with Gasteiger partial charge in [-0.3, -0.25) is 4.79 Å². The van der Waals surface area contributed by atoms with Crippen molar-refractivity contribution in [2.75, 3.05) is 18.6 Å². The van der Waals surface area contributed by atoms with Gasteiger partial charge < -0.3 is 14.7 Å². The van der Waals surface area contributed by atoms with Crippen molar-refractivity contribution in [1.82, 2.24) is 0 Å². The minimum absolute atomic E-state index is 0.0168. The molecular weight excluding hydrogens is 358 g/mol. The minimum Gasteiger partial charge on any atom is -0.503 e. The molecule has 0 radical (unpaired) electrons. The quantitative estimate of drug-likeness (QED) is 0.824. The molecule has 0 aromatic heterocycles. The lowest BCUT2D eigenvalue weighted by Gasteiger charge is -2.13. The summed E-state index contributed by atoms with van der Waals surface area (Å²) in [4.78, 5) is 14.4. The molecule has 3 rings (SSSR count). The molecule has 1 aliphatic rings. The molecule has 1 heterocycles. The first-order valence-corrected chi connectivity index (χ1v) is 8.05. The number of phenolic OH excluding ortho intramolecular Hbond substituents is 1. The number of hydrogen-bond donors (Lipinski definition) is 1. The van der Waals surface area contributed by atoms with Gasteiger partial charge in [0.1, 0.15) is 0 Å². The van der Waals surface area contributed by atoms with Crippen molar-refractivity contribution in [2.45, 2.75) is 6.92 Å². The van der Waals surface area contributed by atoms with Crippen molar-refractivity contribution >= 4 is 39.2 Å². The fourth-order valence-electron chi connectivity index (χ4n) is 2.76. The van der Waals surface area contributed by atoms with Crippen LogP contribution < -0.4 is 9.64 Å². The maximum absolute atomic E-state index is 12.7. The van der Waals surface area contributed by atoms with Crippen LogP contribution in [0.25, 0.3) is 11.6 Å². The van der Waals surface area contributed by atoms with Gasteiger partial charge in [0.05, 0.1) is 17.3 Å². The SMILES string of the molecule is CCN1C(=O)/C(=C\c2cc(Br)c(O)c(OC)c2)c2ccccc21. The Morgan fingerprint density at radius 3 is 2.74 bits per heavy atom. The molecule has 2 aromatic carbocycles. The van der Waals surface area contributed by atoms with E-state index in [1.165, 1.54) is 7.11 Å². The third kappa shape index (κ3) is 2.61. The number of likely N-dealkylation sites (N-methyl/N-ethyl adjacent to an activating group) is 1. The molecule has 1 aliphatic heterocycles. The van der Waals surface area contributed by atoms with E-state index in [9.17, 15) is 9.90 Å². The van der Waals surface area contributed by atoms with Crippen molar-refractivity contribution < 1.29 is 14.6 Å². The predicted molar refractivity (Wildman–Crippen MR) is 94.7 cm³/mol. The zero-order valence-corrected chi connectivity index (χ0v) is 14.4. The number of para-hydroxylation sites is 1. The van der Waals surface area contributed by atoms with Gasteiger partial charge >= 0.3 is 0 Å². The molecule has 1 amide bonds. The Labute approximate surface area is 143 Å². The number of ether oxygens (including phenoxy) is 1. The third-order valence-corrected chi connectivity index (χ3v) is 4.46. The Morgan fingerprint density at radius 1 is 1.30 bits per heavy atom. The molecule has 0 saturated carbocycles. The lowest BCUT2D eigenvalue weighted by atomic mass is 10.0. The lowest BCUT2D eigenvalue weighted by molar-refractivity contribution is -0.112. The highest BCUT2D eigenvalue weighted by atomic mass is 79.9. The first kappa shape index (κ1) is 15.6. The molecule has 4 nitrogen and oxygen atoms in total. The number of halogens is 1. The summed E-state index contributed by atoms with van der Waals surface area (Å²) in [5.74, 6) is 0.386. The van der Waals surface area contributed by atoms with Crippen LogP contribution in [0.3, 0.4) is 0 Å². The molecule has 118 valence electrons. The van der Waals surface area contributed by atoms with Gasteiger partial charge in [0.15, 0.2) is 11.5 Å². The number of anilines is 1. The number of aromatic hydroxyl groups is 1. The molecule has 0 fully saturated rings. The van der Waals surface area contributed by atoms with Gasteiger partial charge in [0.25, 0.3) is 5.91 Å². The monoisotopic (exact) mass is 373 g/mol. The largest absolute Gasteiger partial charge is 0.503 e. The number of fused-ring (bicyclic) bond motifs is 1. The van der Waals surface area contributed by atoms with Gasteiger partial charge in [-0.25, -0.2) is 0 Å². The summed E-state index contributed by atoms with van der Waals surface area (Å²) < 4.78 is 5.69. The van der Waals surface area contributed by atoms with Crippen LogP contribution >= 0.6 is 15.9 Å². The van der Waals surface area contributed by atoms with Gasteiger partial charge in [-0.1, -0.05) is 18.2 Å². The fraction of sp³-hybridized carbons (Fsp3) is 0.167. The summed E-state index contributed by atoms with van der Waals surface area (Å²) in [7, 11) is 1.49. The number of benzene rings is 2. The van der Waals surface area contributed by atoms with Gasteiger partial charge in [-0.05, 0) is 52.7 Å². The molecule has 2 aromatic rings. The average molecular weight is 374 g/mol. The standard InChI is InChI=1S/C18H16BrNO3/c1-3-20-15-7-5-4-6-12(15)13(18(20)22)8-11-9-14(19)17(21)16(10-11)23-2/h4-10,21H,3H2,1-2H3/b13-8-. The van der Waals surface area contributed by atoms with E-state index in [1.807, 2.05) is 37.3 Å². The minimum atomic E-state index is -0.0168. The second kappa shape index (κ2) is 6.08. The summed E-state index contributed by atoms with van der Waals surface area (Å²) in [6.07, 6.45) is 1.82. The number of rotatable bonds is 3. The Hall–Kier alpha value is -2.27. The Morgan fingerprint density at radius 2 is 2.04 bits per heavy atom. The van der Waals surface area contributed by atoms with Crippen LogP contribution in [0.4, 0.5) is 5.69 Å². The van der Waals surface area contributed by atoms with E-state index in [4.69, 9.17) is 4.74 Å². The topological polar surface area (TPSA) is 49.8 Å². The molecule has 0 bridgehead atoms. The molecular formula is C18H16BrNO3. The predicted octanol–water partition coefficient (Wildman–Crippen LogP) is 4.07. The molecule has 0 aliphatic carbocycles. The summed E-state index contributed by atoms with van der Waals surface area (Å²) in [6.45, 7) is 2.58. The van der Waals surface area contributed by atoms with Crippen LogP contribution in [0.1, 0.15) is 18.1 Å². The maximum Gasteiger partial charge on any atom is 0.258 e. The van der Waals surface area contributed by atoms with E-state index in [2.05, 4.69) is 15.9 Å². The molecule has 0 unspecified atom stereocenters. The van der Waals surface area contributed by atoms with Crippen LogP contribution in [0.15, 0.2) is 40.9 Å². The molecule has 5 heteroatoms. The number of hydrogen-bond acceptors (Lipinski definition) is 3. The van der Waals surface area contributed by atoms with Crippen LogP contribution in [0.5, 0.6) is 11.5 Å². The molecule has 0 saturated heterocycles. The summed E-state index contributed by atoms with van der Waals surface area (Å²) in [5.41, 5.74) is 3.27. The van der Waals surface area contributed by atoms with E-state index < -0.39 is 0 Å². The van der Waals surface area contributed by atoms with Crippen LogP contribution in [0, 0.1) is 0 Å². The van der Waals surface area contributed by atoms with E-state index in [-0.39, 0.29) is 11.7 Å². The fourth-order valence-corrected chi connectivity index (χ4v) is 3.22. The first-order chi connectivity index (χ1) is 11.1. The molecule has 23 heavy (non-hydrogen) atoms. The number of carbonyl (C=O) groups is 1. The highest BCUT2D eigenvalue weighted by molar-refractivity contribution is 9.10. The number of amides is 1. The highest BCUT2D eigenvalue weighted by Gasteiger charge is 2.30. The Balaban J connectivity index is 2.13. The maximum atomic E-state index is 12.7. The number of carbonyl (C=O) groups excluding carboxylic acids is 1. The Kier molecular flexibility index (Phi) is 4.13. The normalized spacial score (nSPS) is 15.2. The highest BCUT2D eigenvalue weighted by Crippen LogP contribution is 2.40. The van der Waals surface area contributed by atoms with E-state index >= 15 is 0 Å². The smallest absolute Gasteiger partial charge is 0.258 e. The van der Waals surface area contributed by atoms with Gasteiger partial charge in [0, 0.05) is 17.7 Å². The van der Waals surface area contributed by atoms with Crippen molar-refractivity contribution in [3.63, 3.8) is 0 Å². The van der Waals surface area contributed by atoms with Gasteiger partial charge in [0.2, 0.25) is 0 Å². The second-order valence-electron chi connectivity index (χ2n) is 5.18.